The largest absolute Gasteiger partial charge is 0.371 e. The number of carbonyl (C=O) groups is 2. The number of nitrogens with one attached hydrogen (secondary N) is 2. The molecule has 0 saturated heterocycles. The van der Waals surface area contributed by atoms with Gasteiger partial charge >= 0.3 is 6.03 Å². The van der Waals surface area contributed by atoms with Crippen LogP contribution < -0.4 is 16.4 Å². The molecule has 1 atom stereocenters. The van der Waals surface area contributed by atoms with Gasteiger partial charge in [0, 0.05) is 12.1 Å². The Kier molecular flexibility index (Phi) is 4.13. The molecule has 0 spiro atoms. The van der Waals surface area contributed by atoms with Crippen molar-refractivity contribution in [1.29, 1.82) is 0 Å². The summed E-state index contributed by atoms with van der Waals surface area (Å²) >= 11 is 0. The normalized spacial score (nSPS) is 11.8. The van der Waals surface area contributed by atoms with Gasteiger partial charge in [-0.1, -0.05) is 0 Å². The monoisotopic (exact) mass is 261 g/mol. The van der Waals surface area contributed by atoms with E-state index in [1.807, 2.05) is 0 Å². The van der Waals surface area contributed by atoms with Crippen molar-refractivity contribution in [2.45, 2.75) is 13.0 Å². The maximum Gasteiger partial charge on any atom is 0.318 e. The third kappa shape index (κ3) is 3.37. The Morgan fingerprint density at radius 1 is 1.17 bits per heavy atom. The van der Waals surface area contributed by atoms with Crippen molar-refractivity contribution >= 4 is 17.6 Å². The molecule has 1 aromatic carbocycles. The van der Waals surface area contributed by atoms with E-state index in [4.69, 9.17) is 5.73 Å². The molecule has 0 heterocycles. The zero-order chi connectivity index (χ0) is 13.9. The number of hydrogen-bond donors (Lipinski definition) is 3. The second-order valence-corrected chi connectivity index (χ2v) is 3.47. The van der Waals surface area contributed by atoms with E-state index in [0.717, 1.165) is 0 Å². The highest BCUT2D eigenvalue weighted by Gasteiger charge is 2.17. The van der Waals surface area contributed by atoms with Gasteiger partial charge in [-0.25, -0.2) is 18.0 Å². The molecule has 1 unspecified atom stereocenters. The Labute approximate surface area is 100 Å². The van der Waals surface area contributed by atoms with Crippen LogP contribution in [0.2, 0.25) is 0 Å². The van der Waals surface area contributed by atoms with E-state index in [2.05, 4.69) is 5.32 Å². The van der Waals surface area contributed by atoms with E-state index in [1.54, 1.807) is 5.32 Å². The molecule has 0 fully saturated rings. The van der Waals surface area contributed by atoms with Crippen molar-refractivity contribution in [2.75, 3.05) is 5.32 Å². The van der Waals surface area contributed by atoms with Crippen LogP contribution >= 0.6 is 0 Å². The molecule has 0 aliphatic heterocycles. The van der Waals surface area contributed by atoms with Crippen LogP contribution in [-0.4, -0.2) is 18.0 Å². The predicted octanol–water partition coefficient (Wildman–Crippen LogP) is 1.10. The van der Waals surface area contributed by atoms with Crippen molar-refractivity contribution in [1.82, 2.24) is 5.32 Å². The zero-order valence-electron chi connectivity index (χ0n) is 9.26. The van der Waals surface area contributed by atoms with E-state index in [-0.39, 0.29) is 0 Å². The summed E-state index contributed by atoms with van der Waals surface area (Å²) in [4.78, 5) is 21.7. The fraction of sp³-hybridized carbons (Fsp3) is 0.200. The lowest BCUT2D eigenvalue weighted by Gasteiger charge is -2.14. The highest BCUT2D eigenvalue weighted by Crippen LogP contribution is 2.19. The van der Waals surface area contributed by atoms with Crippen LogP contribution in [0, 0.1) is 17.5 Å². The number of urea groups is 1. The molecule has 0 radical (unpaired) electrons. The number of benzene rings is 1. The molecule has 18 heavy (non-hydrogen) atoms. The molecule has 98 valence electrons. The zero-order valence-corrected chi connectivity index (χ0v) is 9.26. The van der Waals surface area contributed by atoms with Crippen LogP contribution in [0.4, 0.5) is 23.7 Å². The molecule has 1 rings (SSSR count). The third-order valence-electron chi connectivity index (χ3n) is 2.02. The summed E-state index contributed by atoms with van der Waals surface area (Å²) in [6.07, 6.45) is 0. The maximum atomic E-state index is 13.2. The smallest absolute Gasteiger partial charge is 0.318 e. The van der Waals surface area contributed by atoms with E-state index in [1.165, 1.54) is 6.92 Å². The average Bonchev–Trinajstić information content (AvgIpc) is 2.24. The maximum absolute atomic E-state index is 13.2. The minimum absolute atomic E-state index is 0.344. The summed E-state index contributed by atoms with van der Waals surface area (Å²) in [6.45, 7) is 1.29. The van der Waals surface area contributed by atoms with Gasteiger partial charge in [-0.15, -0.1) is 0 Å². The number of rotatable bonds is 3. The number of amides is 3. The van der Waals surface area contributed by atoms with Crippen molar-refractivity contribution in [2.24, 2.45) is 5.73 Å². The SMILES string of the molecule is CC(Nc1cc(F)c(F)cc1F)C(=O)NC(N)=O. The van der Waals surface area contributed by atoms with Gasteiger partial charge in [0.05, 0.1) is 5.69 Å². The van der Waals surface area contributed by atoms with Crippen LogP contribution in [0.15, 0.2) is 12.1 Å². The number of primary amides is 1. The first-order valence-corrected chi connectivity index (χ1v) is 4.82. The molecule has 1 aromatic rings. The third-order valence-corrected chi connectivity index (χ3v) is 2.02. The van der Waals surface area contributed by atoms with E-state index < -0.39 is 41.1 Å². The molecule has 4 N–H and O–H groups in total. The summed E-state index contributed by atoms with van der Waals surface area (Å²) in [5, 5.41) is 4.04. The van der Waals surface area contributed by atoms with Gasteiger partial charge in [0.1, 0.15) is 11.9 Å². The van der Waals surface area contributed by atoms with Gasteiger partial charge in [0.2, 0.25) is 5.91 Å². The Balaban J connectivity index is 2.81. The van der Waals surface area contributed by atoms with Gasteiger partial charge in [0.15, 0.2) is 11.6 Å². The van der Waals surface area contributed by atoms with E-state index >= 15 is 0 Å². The summed E-state index contributed by atoms with van der Waals surface area (Å²) in [5.41, 5.74) is 4.31. The van der Waals surface area contributed by atoms with Crippen LogP contribution in [0.1, 0.15) is 6.92 Å². The summed E-state index contributed by atoms with van der Waals surface area (Å²) in [7, 11) is 0. The van der Waals surface area contributed by atoms with Crippen molar-refractivity contribution in [3.8, 4) is 0 Å². The lowest BCUT2D eigenvalue weighted by atomic mass is 10.2. The average molecular weight is 261 g/mol. The molecule has 8 heteroatoms. The molecule has 0 aliphatic carbocycles. The Bertz CT molecular complexity index is 494. The Hall–Kier alpha value is -2.25. The van der Waals surface area contributed by atoms with Gasteiger partial charge < -0.3 is 11.1 Å². The number of nitrogens with two attached hydrogens (primary N) is 1. The minimum Gasteiger partial charge on any atom is -0.371 e. The van der Waals surface area contributed by atoms with Gasteiger partial charge in [-0.2, -0.15) is 0 Å². The number of hydrogen-bond acceptors (Lipinski definition) is 3. The lowest BCUT2D eigenvalue weighted by Crippen LogP contribution is -2.43. The number of anilines is 1. The molecule has 0 aliphatic rings. The van der Waals surface area contributed by atoms with Crippen LogP contribution in [0.3, 0.4) is 0 Å². The van der Waals surface area contributed by atoms with Crippen molar-refractivity contribution < 1.29 is 22.8 Å². The number of carbonyl (C=O) groups excluding carboxylic acids is 2. The second kappa shape index (κ2) is 5.39. The molecule has 0 saturated carbocycles. The number of halogens is 3. The van der Waals surface area contributed by atoms with Crippen LogP contribution in [0.5, 0.6) is 0 Å². The highest BCUT2D eigenvalue weighted by atomic mass is 19.2. The molecule has 0 bridgehead atoms. The van der Waals surface area contributed by atoms with Gasteiger partial charge in [0.25, 0.3) is 0 Å². The second-order valence-electron chi connectivity index (χ2n) is 3.47. The topological polar surface area (TPSA) is 84.2 Å². The first-order chi connectivity index (χ1) is 8.31. The molecular formula is C10H10F3N3O2. The quantitative estimate of drug-likeness (QED) is 0.712. The summed E-state index contributed by atoms with van der Waals surface area (Å²) < 4.78 is 38.7. The minimum atomic E-state index is -1.34. The van der Waals surface area contributed by atoms with Gasteiger partial charge in [-0.3, -0.25) is 10.1 Å². The first kappa shape index (κ1) is 13.8. The molecule has 0 aromatic heterocycles. The van der Waals surface area contributed by atoms with Gasteiger partial charge in [-0.05, 0) is 6.92 Å². The molecule has 5 nitrogen and oxygen atoms in total. The van der Waals surface area contributed by atoms with Crippen molar-refractivity contribution in [3.05, 3.63) is 29.6 Å². The number of imide groups is 1. The lowest BCUT2D eigenvalue weighted by molar-refractivity contribution is -0.120. The summed E-state index contributed by atoms with van der Waals surface area (Å²) in [6, 6.07) is -1.22. The van der Waals surface area contributed by atoms with E-state index in [9.17, 15) is 22.8 Å². The van der Waals surface area contributed by atoms with E-state index in [0.29, 0.717) is 12.1 Å². The molecular weight excluding hydrogens is 251 g/mol. The highest BCUT2D eigenvalue weighted by molar-refractivity contribution is 5.97. The summed E-state index contributed by atoms with van der Waals surface area (Å²) in [5.74, 6) is -4.49. The predicted molar refractivity (Wildman–Crippen MR) is 57.1 cm³/mol. The van der Waals surface area contributed by atoms with Crippen molar-refractivity contribution in [3.63, 3.8) is 0 Å². The Morgan fingerprint density at radius 2 is 1.72 bits per heavy atom. The first-order valence-electron chi connectivity index (χ1n) is 4.82. The standard InChI is InChI=1S/C10H10F3N3O2/c1-4(9(17)16-10(14)18)15-8-3-6(12)5(11)2-7(8)13/h2-4,15H,1H3,(H3,14,16,17,18). The van der Waals surface area contributed by atoms with Crippen LogP contribution in [0.25, 0.3) is 0 Å². The Morgan fingerprint density at radius 3 is 2.28 bits per heavy atom. The fourth-order valence-corrected chi connectivity index (χ4v) is 1.16. The van der Waals surface area contributed by atoms with Crippen LogP contribution in [-0.2, 0) is 4.79 Å². The fourth-order valence-electron chi connectivity index (χ4n) is 1.16. The molecule has 3 amide bonds.